The third kappa shape index (κ3) is 3.69. The lowest BCUT2D eigenvalue weighted by molar-refractivity contribution is 1.12. The van der Waals surface area contributed by atoms with Gasteiger partial charge in [0, 0.05) is 9.45 Å². The van der Waals surface area contributed by atoms with Crippen molar-refractivity contribution in [1.29, 1.82) is 0 Å². The summed E-state index contributed by atoms with van der Waals surface area (Å²) in [5, 5.41) is 0. The van der Waals surface area contributed by atoms with Crippen molar-refractivity contribution in [1.82, 2.24) is 0 Å². The number of benzene rings is 1. The van der Waals surface area contributed by atoms with Crippen LogP contribution in [0.2, 0.25) is 0 Å². The smallest absolute Gasteiger partial charge is 0.0436 e. The van der Waals surface area contributed by atoms with Crippen molar-refractivity contribution in [2.24, 2.45) is 0 Å². The topological polar surface area (TPSA) is 0 Å². The zero-order valence-electron chi connectivity index (χ0n) is 7.56. The Morgan fingerprint density at radius 1 is 1.38 bits per heavy atom. The quantitative estimate of drug-likeness (QED) is 0.576. The molecule has 0 spiro atoms. The molecule has 0 N–H and O–H groups in total. The van der Waals surface area contributed by atoms with Gasteiger partial charge in [-0.25, -0.2) is 0 Å². The minimum Gasteiger partial charge on any atom is -0.122 e. The fourth-order valence-electron chi connectivity index (χ4n) is 1.03. The third-order valence-corrected chi connectivity index (χ3v) is 2.93. The van der Waals surface area contributed by atoms with E-state index in [4.69, 9.17) is 11.6 Å². The summed E-state index contributed by atoms with van der Waals surface area (Å²) in [5.41, 5.74) is 2.51. The molecule has 2 heteroatoms. The lowest BCUT2D eigenvalue weighted by atomic mass is 10.1. The Labute approximate surface area is 98.1 Å². The first kappa shape index (κ1) is 11.1. The maximum atomic E-state index is 5.78. The van der Waals surface area contributed by atoms with Crippen LogP contribution in [0.5, 0.6) is 0 Å². The third-order valence-electron chi connectivity index (χ3n) is 1.87. The zero-order valence-corrected chi connectivity index (χ0v) is 10.5. The van der Waals surface area contributed by atoms with Crippen LogP contribution in [0.15, 0.2) is 29.8 Å². The molecular formula is C11H12ClI. The zero-order chi connectivity index (χ0) is 9.68. The minimum atomic E-state index is 0.627. The number of halogens is 2. The molecule has 0 unspecified atom stereocenters. The summed E-state index contributed by atoms with van der Waals surface area (Å²) in [6.45, 7) is 2.13. The van der Waals surface area contributed by atoms with E-state index in [0.717, 1.165) is 6.42 Å². The van der Waals surface area contributed by atoms with Crippen molar-refractivity contribution in [3.8, 4) is 0 Å². The molecule has 1 aromatic carbocycles. The van der Waals surface area contributed by atoms with Crippen molar-refractivity contribution in [2.45, 2.75) is 13.3 Å². The first-order valence-electron chi connectivity index (χ1n) is 4.27. The Morgan fingerprint density at radius 3 is 2.46 bits per heavy atom. The molecular weight excluding hydrogens is 294 g/mol. The van der Waals surface area contributed by atoms with Gasteiger partial charge in [-0.3, -0.25) is 0 Å². The summed E-state index contributed by atoms with van der Waals surface area (Å²) in [6.07, 6.45) is 3.18. The van der Waals surface area contributed by atoms with E-state index in [1.807, 2.05) is 0 Å². The molecule has 70 valence electrons. The average Bonchev–Trinajstić information content (AvgIpc) is 2.17. The van der Waals surface area contributed by atoms with Gasteiger partial charge in [-0.1, -0.05) is 30.7 Å². The lowest BCUT2D eigenvalue weighted by Crippen LogP contribution is -1.82. The molecule has 0 nitrogen and oxygen atoms in total. The predicted molar refractivity (Wildman–Crippen MR) is 68.1 cm³/mol. The van der Waals surface area contributed by atoms with Gasteiger partial charge in [-0.05, 0) is 46.7 Å². The van der Waals surface area contributed by atoms with Gasteiger partial charge in [-0.15, -0.1) is 11.6 Å². The van der Waals surface area contributed by atoms with Crippen LogP contribution in [0, 0.1) is 3.57 Å². The van der Waals surface area contributed by atoms with Crippen molar-refractivity contribution in [3.05, 3.63) is 39.0 Å². The molecule has 0 bridgehead atoms. The van der Waals surface area contributed by atoms with Gasteiger partial charge >= 0.3 is 0 Å². The standard InChI is InChI=1S/C11H12ClI/c1-2-9(8-12)7-10-3-5-11(13)6-4-10/h3-7H,2,8H2,1H3/b9-7-. The normalized spacial score (nSPS) is 11.8. The highest BCUT2D eigenvalue weighted by Gasteiger charge is 1.93. The van der Waals surface area contributed by atoms with Crippen LogP contribution in [0.1, 0.15) is 18.9 Å². The molecule has 0 saturated carbocycles. The molecule has 1 rings (SSSR count). The van der Waals surface area contributed by atoms with Gasteiger partial charge in [0.05, 0.1) is 0 Å². The lowest BCUT2D eigenvalue weighted by Gasteiger charge is -1.99. The highest BCUT2D eigenvalue weighted by molar-refractivity contribution is 14.1. The molecule has 1 aromatic rings. The van der Waals surface area contributed by atoms with E-state index >= 15 is 0 Å². The van der Waals surface area contributed by atoms with Gasteiger partial charge < -0.3 is 0 Å². The number of hydrogen-bond acceptors (Lipinski definition) is 0. The van der Waals surface area contributed by atoms with E-state index in [-0.39, 0.29) is 0 Å². The predicted octanol–water partition coefficient (Wildman–Crippen LogP) is 4.32. The number of allylic oxidation sites excluding steroid dienone is 1. The van der Waals surface area contributed by atoms with Crippen LogP contribution in [0.3, 0.4) is 0 Å². The molecule has 0 aliphatic rings. The largest absolute Gasteiger partial charge is 0.122 e. The first-order chi connectivity index (χ1) is 6.26. The summed E-state index contributed by atoms with van der Waals surface area (Å²) in [6, 6.07) is 8.44. The molecule has 0 fully saturated rings. The summed E-state index contributed by atoms with van der Waals surface area (Å²) in [7, 11) is 0. The van der Waals surface area contributed by atoms with E-state index in [1.54, 1.807) is 0 Å². The molecule has 0 radical (unpaired) electrons. The van der Waals surface area contributed by atoms with Crippen LogP contribution in [0.25, 0.3) is 6.08 Å². The summed E-state index contributed by atoms with van der Waals surface area (Å²) in [4.78, 5) is 0. The van der Waals surface area contributed by atoms with Gasteiger partial charge in [0.25, 0.3) is 0 Å². The molecule has 0 heterocycles. The Hall–Kier alpha value is -0.0200. The van der Waals surface area contributed by atoms with Gasteiger partial charge in [0.1, 0.15) is 0 Å². The van der Waals surface area contributed by atoms with Crippen molar-refractivity contribution in [2.75, 3.05) is 5.88 Å². The Kier molecular flexibility index (Phi) is 4.81. The summed E-state index contributed by atoms with van der Waals surface area (Å²) >= 11 is 8.08. The molecule has 0 atom stereocenters. The van der Waals surface area contributed by atoms with E-state index in [9.17, 15) is 0 Å². The molecule has 0 amide bonds. The molecule has 13 heavy (non-hydrogen) atoms. The van der Waals surface area contributed by atoms with E-state index in [0.29, 0.717) is 5.88 Å². The second kappa shape index (κ2) is 5.66. The van der Waals surface area contributed by atoms with Gasteiger partial charge in [-0.2, -0.15) is 0 Å². The van der Waals surface area contributed by atoms with Crippen molar-refractivity contribution >= 4 is 40.3 Å². The van der Waals surface area contributed by atoms with E-state index in [1.165, 1.54) is 14.7 Å². The SMILES string of the molecule is CC/C(=C/c1ccc(I)cc1)CCl. The number of hydrogen-bond donors (Lipinski definition) is 0. The maximum absolute atomic E-state index is 5.78. The summed E-state index contributed by atoms with van der Waals surface area (Å²) in [5.74, 6) is 0.627. The van der Waals surface area contributed by atoms with Crippen molar-refractivity contribution in [3.63, 3.8) is 0 Å². The Balaban J connectivity index is 2.84. The van der Waals surface area contributed by atoms with E-state index < -0.39 is 0 Å². The van der Waals surface area contributed by atoms with Crippen LogP contribution < -0.4 is 0 Å². The fourth-order valence-corrected chi connectivity index (χ4v) is 1.66. The maximum Gasteiger partial charge on any atom is 0.0436 e. The summed E-state index contributed by atoms with van der Waals surface area (Å²) < 4.78 is 1.26. The van der Waals surface area contributed by atoms with Crippen molar-refractivity contribution < 1.29 is 0 Å². The van der Waals surface area contributed by atoms with Crippen LogP contribution in [-0.2, 0) is 0 Å². The van der Waals surface area contributed by atoms with Crippen LogP contribution in [-0.4, -0.2) is 5.88 Å². The highest BCUT2D eigenvalue weighted by atomic mass is 127. The van der Waals surface area contributed by atoms with Crippen LogP contribution >= 0.6 is 34.2 Å². The monoisotopic (exact) mass is 306 g/mol. The highest BCUT2D eigenvalue weighted by Crippen LogP contribution is 2.13. The molecule has 0 aliphatic carbocycles. The number of alkyl halides is 1. The molecule has 0 aliphatic heterocycles. The van der Waals surface area contributed by atoms with Crippen LogP contribution in [0.4, 0.5) is 0 Å². The first-order valence-corrected chi connectivity index (χ1v) is 5.88. The second-order valence-electron chi connectivity index (χ2n) is 2.84. The second-order valence-corrected chi connectivity index (χ2v) is 4.35. The van der Waals surface area contributed by atoms with Gasteiger partial charge in [0.15, 0.2) is 0 Å². The number of rotatable bonds is 3. The van der Waals surface area contributed by atoms with E-state index in [2.05, 4.69) is 59.9 Å². The average molecular weight is 307 g/mol. The Bertz CT molecular complexity index is 281. The van der Waals surface area contributed by atoms with Gasteiger partial charge in [0.2, 0.25) is 0 Å². The molecule has 0 saturated heterocycles. The molecule has 0 aromatic heterocycles. The minimum absolute atomic E-state index is 0.627. The fraction of sp³-hybridized carbons (Fsp3) is 0.273. The Morgan fingerprint density at radius 2 is 2.00 bits per heavy atom.